The molecule has 1 rings (SSSR count). The fraction of sp³-hybridized carbons (Fsp3) is 0.478. The van der Waals surface area contributed by atoms with Gasteiger partial charge in [-0.3, -0.25) is 24.0 Å². The van der Waals surface area contributed by atoms with Crippen molar-refractivity contribution in [2.75, 3.05) is 0 Å². The lowest BCUT2D eigenvalue weighted by molar-refractivity contribution is -0.143. The minimum Gasteiger partial charge on any atom is -0.481 e. The molecule has 0 saturated heterocycles. The molecule has 0 aliphatic carbocycles. The van der Waals surface area contributed by atoms with Gasteiger partial charge in [0.05, 0.1) is 6.10 Å². The molecule has 0 heterocycles. The van der Waals surface area contributed by atoms with Crippen LogP contribution in [0.1, 0.15) is 38.2 Å². The molecule has 0 fully saturated rings. The molecule has 0 radical (unpaired) electrons. The standard InChI is InChI=1S/C23H32N4O10/c1-12(28)19(24)22(35)26-15(8-10-18(31)32)20(33)25-14(7-9-17(29)30)21(34)27-16(23(36)37)11-13-5-3-2-4-6-13/h2-6,12,14-16,19,28H,7-11,24H2,1H3,(H,25,33)(H,26,35)(H,27,34)(H,29,30)(H,31,32)(H,36,37). The molecule has 14 nitrogen and oxygen atoms in total. The molecule has 14 heteroatoms. The first-order chi connectivity index (χ1) is 17.3. The molecule has 1 aromatic rings. The summed E-state index contributed by atoms with van der Waals surface area (Å²) in [5, 5.41) is 43.8. The second kappa shape index (κ2) is 15.2. The summed E-state index contributed by atoms with van der Waals surface area (Å²) in [6.45, 7) is 1.23. The number of carboxylic acids is 3. The van der Waals surface area contributed by atoms with Gasteiger partial charge >= 0.3 is 17.9 Å². The maximum Gasteiger partial charge on any atom is 0.326 e. The van der Waals surface area contributed by atoms with E-state index in [4.69, 9.17) is 15.9 Å². The summed E-state index contributed by atoms with van der Waals surface area (Å²) in [6, 6.07) is 2.55. The van der Waals surface area contributed by atoms with Gasteiger partial charge < -0.3 is 42.1 Å². The van der Waals surface area contributed by atoms with Gasteiger partial charge in [0.15, 0.2) is 0 Å². The van der Waals surface area contributed by atoms with Gasteiger partial charge in [0.2, 0.25) is 17.7 Å². The van der Waals surface area contributed by atoms with Gasteiger partial charge in [0.1, 0.15) is 24.2 Å². The van der Waals surface area contributed by atoms with Crippen molar-refractivity contribution in [3.05, 3.63) is 35.9 Å². The summed E-state index contributed by atoms with van der Waals surface area (Å²) >= 11 is 0. The number of hydrogen-bond acceptors (Lipinski definition) is 8. The first-order valence-electron chi connectivity index (χ1n) is 11.4. The highest BCUT2D eigenvalue weighted by molar-refractivity contribution is 5.94. The van der Waals surface area contributed by atoms with E-state index in [1.165, 1.54) is 6.92 Å². The highest BCUT2D eigenvalue weighted by Gasteiger charge is 2.31. The van der Waals surface area contributed by atoms with Crippen LogP contribution in [0, 0.1) is 0 Å². The highest BCUT2D eigenvalue weighted by atomic mass is 16.4. The van der Waals surface area contributed by atoms with E-state index in [1.54, 1.807) is 30.3 Å². The average Bonchev–Trinajstić information content (AvgIpc) is 2.83. The lowest BCUT2D eigenvalue weighted by atomic mass is 10.0. The van der Waals surface area contributed by atoms with Gasteiger partial charge in [-0.2, -0.15) is 0 Å². The molecule has 5 unspecified atom stereocenters. The molecule has 0 aliphatic rings. The molecule has 0 spiro atoms. The van der Waals surface area contributed by atoms with Crippen molar-refractivity contribution in [2.24, 2.45) is 5.73 Å². The summed E-state index contributed by atoms with van der Waals surface area (Å²) < 4.78 is 0. The molecule has 0 aliphatic heterocycles. The van der Waals surface area contributed by atoms with Crippen LogP contribution >= 0.6 is 0 Å². The molecular formula is C23H32N4O10. The molecule has 5 atom stereocenters. The largest absolute Gasteiger partial charge is 0.481 e. The monoisotopic (exact) mass is 524 g/mol. The Kier molecular flexibility index (Phi) is 12.7. The van der Waals surface area contributed by atoms with Gasteiger partial charge in [-0.1, -0.05) is 30.3 Å². The number of benzene rings is 1. The van der Waals surface area contributed by atoms with E-state index in [1.807, 2.05) is 0 Å². The van der Waals surface area contributed by atoms with Gasteiger partial charge in [-0.05, 0) is 25.3 Å². The summed E-state index contributed by atoms with van der Waals surface area (Å²) in [5.41, 5.74) is 6.15. The third-order valence-electron chi connectivity index (χ3n) is 5.28. The number of carboxylic acid groups (broad SMARTS) is 3. The third-order valence-corrected chi connectivity index (χ3v) is 5.28. The number of aliphatic hydroxyl groups excluding tert-OH is 1. The SMILES string of the molecule is CC(O)C(N)C(=O)NC(CCC(=O)O)C(=O)NC(CCC(=O)O)C(=O)NC(Cc1ccccc1)C(=O)O. The van der Waals surface area contributed by atoms with E-state index < -0.39 is 91.6 Å². The average molecular weight is 525 g/mol. The van der Waals surface area contributed by atoms with Crippen LogP contribution in [-0.2, 0) is 35.2 Å². The van der Waals surface area contributed by atoms with Crippen LogP contribution in [0.5, 0.6) is 0 Å². The number of hydrogen-bond donors (Lipinski definition) is 8. The molecule has 9 N–H and O–H groups in total. The van der Waals surface area contributed by atoms with E-state index in [2.05, 4.69) is 16.0 Å². The number of aliphatic hydroxyl groups is 1. The molecule has 3 amide bonds. The van der Waals surface area contributed by atoms with Crippen molar-refractivity contribution in [1.82, 2.24) is 16.0 Å². The first kappa shape index (κ1) is 31.0. The molecule has 0 aromatic heterocycles. The Morgan fingerprint density at radius 1 is 0.757 bits per heavy atom. The van der Waals surface area contributed by atoms with E-state index in [-0.39, 0.29) is 6.42 Å². The zero-order valence-electron chi connectivity index (χ0n) is 20.1. The number of rotatable bonds is 16. The number of carbonyl (C=O) groups excluding carboxylic acids is 3. The van der Waals surface area contributed by atoms with Crippen LogP contribution in [0.3, 0.4) is 0 Å². The van der Waals surface area contributed by atoms with E-state index in [0.29, 0.717) is 5.56 Å². The molecule has 0 saturated carbocycles. The van der Waals surface area contributed by atoms with Crippen LogP contribution in [0.15, 0.2) is 30.3 Å². The second-order valence-electron chi connectivity index (χ2n) is 8.34. The van der Waals surface area contributed by atoms with E-state index in [0.717, 1.165) is 0 Å². The van der Waals surface area contributed by atoms with Crippen molar-refractivity contribution in [1.29, 1.82) is 0 Å². The number of amides is 3. The fourth-order valence-corrected chi connectivity index (χ4v) is 3.15. The van der Waals surface area contributed by atoms with Gasteiger partial charge in [-0.25, -0.2) is 4.79 Å². The van der Waals surface area contributed by atoms with Crippen LogP contribution in [0.4, 0.5) is 0 Å². The minimum absolute atomic E-state index is 0.0873. The predicted molar refractivity (Wildman–Crippen MR) is 127 cm³/mol. The molecule has 37 heavy (non-hydrogen) atoms. The van der Waals surface area contributed by atoms with Crippen molar-refractivity contribution in [3.8, 4) is 0 Å². The van der Waals surface area contributed by atoms with Gasteiger partial charge in [-0.15, -0.1) is 0 Å². The van der Waals surface area contributed by atoms with Crippen LogP contribution in [-0.4, -0.2) is 86.3 Å². The Hall–Kier alpha value is -4.04. The highest BCUT2D eigenvalue weighted by Crippen LogP contribution is 2.07. The first-order valence-corrected chi connectivity index (χ1v) is 11.4. The van der Waals surface area contributed by atoms with Gasteiger partial charge in [0.25, 0.3) is 0 Å². The van der Waals surface area contributed by atoms with Crippen LogP contribution < -0.4 is 21.7 Å². The van der Waals surface area contributed by atoms with Crippen molar-refractivity contribution < 1.29 is 49.2 Å². The lowest BCUT2D eigenvalue weighted by Crippen LogP contribution is -2.58. The van der Waals surface area contributed by atoms with Crippen molar-refractivity contribution >= 4 is 35.6 Å². The summed E-state index contributed by atoms with van der Waals surface area (Å²) in [6.07, 6.45) is -3.30. The fourth-order valence-electron chi connectivity index (χ4n) is 3.15. The quantitative estimate of drug-likeness (QED) is 0.120. The zero-order valence-corrected chi connectivity index (χ0v) is 20.1. The Morgan fingerprint density at radius 2 is 1.19 bits per heavy atom. The van der Waals surface area contributed by atoms with Crippen LogP contribution in [0.25, 0.3) is 0 Å². The summed E-state index contributed by atoms with van der Waals surface area (Å²) in [5.74, 6) is -6.89. The molecule has 0 bridgehead atoms. The maximum atomic E-state index is 12.9. The topological polar surface area (TPSA) is 245 Å². The van der Waals surface area contributed by atoms with Crippen molar-refractivity contribution in [2.45, 2.75) is 69.3 Å². The Labute approximate surface area is 212 Å². The Bertz CT molecular complexity index is 970. The smallest absolute Gasteiger partial charge is 0.326 e. The lowest BCUT2D eigenvalue weighted by Gasteiger charge is -2.25. The second-order valence-corrected chi connectivity index (χ2v) is 8.34. The van der Waals surface area contributed by atoms with Crippen molar-refractivity contribution in [3.63, 3.8) is 0 Å². The molecule has 1 aromatic carbocycles. The van der Waals surface area contributed by atoms with E-state index in [9.17, 15) is 39.0 Å². The number of nitrogens with two attached hydrogens (primary N) is 1. The summed E-state index contributed by atoms with van der Waals surface area (Å²) in [7, 11) is 0. The maximum absolute atomic E-state index is 12.9. The Balaban J connectivity index is 3.07. The normalized spacial score (nSPS) is 14.8. The van der Waals surface area contributed by atoms with Gasteiger partial charge in [0, 0.05) is 19.3 Å². The van der Waals surface area contributed by atoms with Crippen LogP contribution in [0.2, 0.25) is 0 Å². The number of aliphatic carboxylic acids is 3. The predicted octanol–water partition coefficient (Wildman–Crippen LogP) is -1.79. The minimum atomic E-state index is -1.52. The molecule has 204 valence electrons. The Morgan fingerprint density at radius 3 is 1.59 bits per heavy atom. The number of nitrogens with one attached hydrogen (secondary N) is 3. The van der Waals surface area contributed by atoms with E-state index >= 15 is 0 Å². The zero-order chi connectivity index (χ0) is 28.1. The summed E-state index contributed by atoms with van der Waals surface area (Å²) in [4.78, 5) is 71.8. The molecular weight excluding hydrogens is 492 g/mol. The third kappa shape index (κ3) is 11.5. The number of carbonyl (C=O) groups is 6.